The fraction of sp³-hybridized carbons (Fsp3) is 0.250. The molecule has 21 heavy (non-hydrogen) atoms. The maximum absolute atomic E-state index is 13.8. The zero-order valence-electron chi connectivity index (χ0n) is 11.8. The van der Waals surface area contributed by atoms with Crippen LogP contribution in [0.2, 0.25) is 5.02 Å². The van der Waals surface area contributed by atoms with Gasteiger partial charge in [-0.2, -0.15) is 0 Å². The minimum atomic E-state index is -0.358. The molecule has 0 radical (unpaired) electrons. The highest BCUT2D eigenvalue weighted by Crippen LogP contribution is 2.29. The molecule has 0 aliphatic carbocycles. The van der Waals surface area contributed by atoms with E-state index in [1.807, 2.05) is 32.2 Å². The molecule has 5 heteroatoms. The summed E-state index contributed by atoms with van der Waals surface area (Å²) in [5, 5.41) is 3.55. The highest BCUT2D eigenvalue weighted by atomic mass is 79.9. The molecular weight excluding hydrogens is 357 g/mol. The second-order valence-corrected chi connectivity index (χ2v) is 6.07. The average molecular weight is 373 g/mol. The van der Waals surface area contributed by atoms with Gasteiger partial charge in [-0.1, -0.05) is 33.6 Å². The van der Waals surface area contributed by atoms with E-state index >= 15 is 0 Å². The first kappa shape index (κ1) is 16.3. The van der Waals surface area contributed by atoms with E-state index < -0.39 is 0 Å². The van der Waals surface area contributed by atoms with Crippen LogP contribution in [-0.4, -0.2) is 7.05 Å². The number of rotatable bonds is 5. The van der Waals surface area contributed by atoms with Crippen LogP contribution in [0.1, 0.15) is 24.1 Å². The van der Waals surface area contributed by atoms with Crippen molar-refractivity contribution in [3.05, 3.63) is 62.8 Å². The van der Waals surface area contributed by atoms with Crippen molar-refractivity contribution in [3.8, 4) is 5.75 Å². The third kappa shape index (κ3) is 4.19. The molecule has 1 atom stereocenters. The summed E-state index contributed by atoms with van der Waals surface area (Å²) in [7, 11) is 1.88. The van der Waals surface area contributed by atoms with Crippen LogP contribution in [0.25, 0.3) is 0 Å². The fourth-order valence-corrected chi connectivity index (χ4v) is 2.48. The maximum Gasteiger partial charge on any atom is 0.131 e. The Bertz CT molecular complexity index is 636. The van der Waals surface area contributed by atoms with E-state index in [-0.39, 0.29) is 18.5 Å². The summed E-state index contributed by atoms with van der Waals surface area (Å²) in [4.78, 5) is 0. The molecule has 112 valence electrons. The van der Waals surface area contributed by atoms with Gasteiger partial charge in [0.15, 0.2) is 0 Å². The summed E-state index contributed by atoms with van der Waals surface area (Å²) in [6.07, 6.45) is 0. The molecule has 0 fully saturated rings. The van der Waals surface area contributed by atoms with Gasteiger partial charge in [-0.25, -0.2) is 4.39 Å². The molecule has 0 amide bonds. The SMILES string of the molecule is CNC(C)c1cc(Br)ccc1OCc1ccc(Cl)cc1F. The van der Waals surface area contributed by atoms with Gasteiger partial charge in [0, 0.05) is 26.7 Å². The molecule has 0 heterocycles. The summed E-state index contributed by atoms with van der Waals surface area (Å²) < 4.78 is 20.5. The lowest BCUT2D eigenvalue weighted by atomic mass is 10.1. The van der Waals surface area contributed by atoms with Crippen molar-refractivity contribution in [3.63, 3.8) is 0 Å². The van der Waals surface area contributed by atoms with E-state index in [1.54, 1.807) is 12.1 Å². The van der Waals surface area contributed by atoms with Gasteiger partial charge in [-0.05, 0) is 44.3 Å². The van der Waals surface area contributed by atoms with Crippen molar-refractivity contribution < 1.29 is 9.13 Å². The van der Waals surface area contributed by atoms with Crippen LogP contribution >= 0.6 is 27.5 Å². The number of benzene rings is 2. The number of nitrogens with one attached hydrogen (secondary N) is 1. The van der Waals surface area contributed by atoms with Crippen LogP contribution in [0.3, 0.4) is 0 Å². The Morgan fingerprint density at radius 2 is 2.05 bits per heavy atom. The molecule has 2 aromatic rings. The standard InChI is InChI=1S/C16H16BrClFNO/c1-10(20-2)14-7-12(17)4-6-16(14)21-9-11-3-5-13(18)8-15(11)19/h3-8,10,20H,9H2,1-2H3. The van der Waals surface area contributed by atoms with Crippen molar-refractivity contribution in [2.24, 2.45) is 0 Å². The summed E-state index contributed by atoms with van der Waals surface area (Å²) in [6, 6.07) is 10.5. The Balaban J connectivity index is 2.19. The minimum absolute atomic E-state index is 0.132. The predicted molar refractivity (Wildman–Crippen MR) is 87.4 cm³/mol. The Morgan fingerprint density at radius 1 is 1.29 bits per heavy atom. The van der Waals surface area contributed by atoms with Gasteiger partial charge in [0.25, 0.3) is 0 Å². The van der Waals surface area contributed by atoms with Crippen LogP contribution in [-0.2, 0) is 6.61 Å². The molecule has 0 saturated heterocycles. The highest BCUT2D eigenvalue weighted by molar-refractivity contribution is 9.10. The Morgan fingerprint density at radius 3 is 2.71 bits per heavy atom. The fourth-order valence-electron chi connectivity index (χ4n) is 1.94. The van der Waals surface area contributed by atoms with Gasteiger partial charge in [-0.15, -0.1) is 0 Å². The number of hydrogen-bond donors (Lipinski definition) is 1. The molecule has 2 aromatic carbocycles. The van der Waals surface area contributed by atoms with E-state index in [2.05, 4.69) is 21.2 Å². The Kier molecular flexibility index (Phi) is 5.62. The largest absolute Gasteiger partial charge is 0.488 e. The zero-order valence-corrected chi connectivity index (χ0v) is 14.1. The van der Waals surface area contributed by atoms with Gasteiger partial charge in [-0.3, -0.25) is 0 Å². The van der Waals surface area contributed by atoms with Crippen molar-refractivity contribution in [2.75, 3.05) is 7.05 Å². The molecule has 2 nitrogen and oxygen atoms in total. The van der Waals surface area contributed by atoms with Gasteiger partial charge in [0.2, 0.25) is 0 Å². The summed E-state index contributed by atoms with van der Waals surface area (Å²) in [5.41, 5.74) is 1.49. The van der Waals surface area contributed by atoms with E-state index in [0.717, 1.165) is 15.8 Å². The molecule has 0 spiro atoms. The molecule has 0 aliphatic rings. The third-order valence-electron chi connectivity index (χ3n) is 3.27. The van der Waals surface area contributed by atoms with Crippen LogP contribution in [0, 0.1) is 5.82 Å². The average Bonchev–Trinajstić information content (AvgIpc) is 2.46. The van der Waals surface area contributed by atoms with Crippen LogP contribution < -0.4 is 10.1 Å². The first-order valence-corrected chi connectivity index (χ1v) is 7.72. The van der Waals surface area contributed by atoms with Gasteiger partial charge in [0.1, 0.15) is 18.2 Å². The van der Waals surface area contributed by atoms with E-state index in [0.29, 0.717) is 10.6 Å². The lowest BCUT2D eigenvalue weighted by Crippen LogP contribution is -2.14. The summed E-state index contributed by atoms with van der Waals surface area (Å²) >= 11 is 9.19. The van der Waals surface area contributed by atoms with E-state index in [9.17, 15) is 4.39 Å². The van der Waals surface area contributed by atoms with Crippen LogP contribution in [0.5, 0.6) is 5.75 Å². The molecule has 1 unspecified atom stereocenters. The van der Waals surface area contributed by atoms with Gasteiger partial charge < -0.3 is 10.1 Å². The highest BCUT2D eigenvalue weighted by Gasteiger charge is 2.12. The topological polar surface area (TPSA) is 21.3 Å². The maximum atomic E-state index is 13.8. The molecule has 1 N–H and O–H groups in total. The zero-order chi connectivity index (χ0) is 15.4. The smallest absolute Gasteiger partial charge is 0.131 e. The van der Waals surface area contributed by atoms with Crippen molar-refractivity contribution in [1.82, 2.24) is 5.32 Å². The molecule has 0 saturated carbocycles. The number of ether oxygens (including phenoxy) is 1. The molecule has 0 aromatic heterocycles. The van der Waals surface area contributed by atoms with Crippen molar-refractivity contribution in [1.29, 1.82) is 0 Å². The molecule has 0 aliphatic heterocycles. The quantitative estimate of drug-likeness (QED) is 0.788. The molecule has 2 rings (SSSR count). The van der Waals surface area contributed by atoms with E-state index in [4.69, 9.17) is 16.3 Å². The molecule has 0 bridgehead atoms. The normalized spacial score (nSPS) is 12.2. The lowest BCUT2D eigenvalue weighted by Gasteiger charge is -2.17. The second kappa shape index (κ2) is 7.25. The van der Waals surface area contributed by atoms with Gasteiger partial charge >= 0.3 is 0 Å². The summed E-state index contributed by atoms with van der Waals surface area (Å²) in [5.74, 6) is 0.372. The van der Waals surface area contributed by atoms with Gasteiger partial charge in [0.05, 0.1) is 0 Å². The Hall–Kier alpha value is -1.10. The Labute approximate surface area is 137 Å². The van der Waals surface area contributed by atoms with Crippen LogP contribution in [0.4, 0.5) is 4.39 Å². The van der Waals surface area contributed by atoms with Crippen molar-refractivity contribution in [2.45, 2.75) is 19.6 Å². The molecular formula is C16H16BrClFNO. The van der Waals surface area contributed by atoms with Crippen molar-refractivity contribution >= 4 is 27.5 Å². The first-order valence-electron chi connectivity index (χ1n) is 6.54. The first-order chi connectivity index (χ1) is 10.0. The summed E-state index contributed by atoms with van der Waals surface area (Å²) in [6.45, 7) is 2.20. The van der Waals surface area contributed by atoms with Crippen LogP contribution in [0.15, 0.2) is 40.9 Å². The monoisotopic (exact) mass is 371 g/mol. The third-order valence-corrected chi connectivity index (χ3v) is 4.00. The number of hydrogen-bond acceptors (Lipinski definition) is 2. The number of halogens is 3. The van der Waals surface area contributed by atoms with E-state index in [1.165, 1.54) is 6.07 Å². The minimum Gasteiger partial charge on any atom is -0.488 e. The second-order valence-electron chi connectivity index (χ2n) is 4.72. The predicted octanol–water partition coefficient (Wildman–Crippen LogP) is 5.10. The lowest BCUT2D eigenvalue weighted by molar-refractivity contribution is 0.294.